The standard InChI is InChI=1S/C9H13N3O3.C2H6/c1-7(14)12-8-5-11-9(6-10-8)15-4-2-3-13;1-2/h5-6,13H,2-4H2,1H3,(H,10,12,14);1-2H3. The Morgan fingerprint density at radius 3 is 2.59 bits per heavy atom. The second kappa shape index (κ2) is 9.53. The van der Waals surface area contributed by atoms with E-state index in [0.29, 0.717) is 24.7 Å². The highest BCUT2D eigenvalue weighted by Gasteiger charge is 1.99. The Hall–Kier alpha value is -1.69. The van der Waals surface area contributed by atoms with Gasteiger partial charge in [-0.2, -0.15) is 0 Å². The van der Waals surface area contributed by atoms with Gasteiger partial charge in [-0.1, -0.05) is 13.8 Å². The van der Waals surface area contributed by atoms with Crippen molar-refractivity contribution in [1.29, 1.82) is 0 Å². The van der Waals surface area contributed by atoms with Crippen molar-refractivity contribution in [1.82, 2.24) is 9.97 Å². The summed E-state index contributed by atoms with van der Waals surface area (Å²) in [5.41, 5.74) is 0. The van der Waals surface area contributed by atoms with E-state index in [4.69, 9.17) is 9.84 Å². The molecule has 0 unspecified atom stereocenters. The van der Waals surface area contributed by atoms with Crippen LogP contribution >= 0.6 is 0 Å². The van der Waals surface area contributed by atoms with Crippen molar-refractivity contribution < 1.29 is 14.6 Å². The van der Waals surface area contributed by atoms with E-state index >= 15 is 0 Å². The summed E-state index contributed by atoms with van der Waals surface area (Å²) in [6.07, 6.45) is 3.38. The van der Waals surface area contributed by atoms with Crippen molar-refractivity contribution in [2.45, 2.75) is 27.2 Å². The minimum Gasteiger partial charge on any atom is -0.476 e. The van der Waals surface area contributed by atoms with Crippen LogP contribution < -0.4 is 10.1 Å². The van der Waals surface area contributed by atoms with E-state index in [-0.39, 0.29) is 12.5 Å². The van der Waals surface area contributed by atoms with Crippen molar-refractivity contribution >= 4 is 11.7 Å². The first-order valence-electron chi connectivity index (χ1n) is 5.55. The Morgan fingerprint density at radius 1 is 1.41 bits per heavy atom. The molecule has 0 saturated carbocycles. The zero-order valence-electron chi connectivity index (χ0n) is 10.4. The second-order valence-electron chi connectivity index (χ2n) is 2.85. The minimum atomic E-state index is -0.196. The zero-order valence-corrected chi connectivity index (χ0v) is 10.4. The van der Waals surface area contributed by atoms with E-state index in [9.17, 15) is 4.79 Å². The lowest BCUT2D eigenvalue weighted by atomic mass is 10.5. The Labute approximate surface area is 101 Å². The van der Waals surface area contributed by atoms with Crippen LogP contribution in [-0.4, -0.2) is 34.2 Å². The van der Waals surface area contributed by atoms with Gasteiger partial charge >= 0.3 is 0 Å². The summed E-state index contributed by atoms with van der Waals surface area (Å²) < 4.78 is 5.16. The van der Waals surface area contributed by atoms with Crippen molar-refractivity contribution in [2.24, 2.45) is 0 Å². The molecule has 6 heteroatoms. The fourth-order valence-corrected chi connectivity index (χ4v) is 0.877. The van der Waals surface area contributed by atoms with Crippen LogP contribution in [0.1, 0.15) is 27.2 Å². The number of ether oxygens (including phenoxy) is 1. The largest absolute Gasteiger partial charge is 0.476 e. The highest BCUT2D eigenvalue weighted by Crippen LogP contribution is 2.07. The molecule has 1 amide bonds. The van der Waals surface area contributed by atoms with Gasteiger partial charge in [0.05, 0.1) is 19.0 Å². The van der Waals surface area contributed by atoms with Crippen molar-refractivity contribution in [3.05, 3.63) is 12.4 Å². The molecule has 0 aliphatic rings. The molecule has 0 bridgehead atoms. The Kier molecular flexibility index (Phi) is 8.58. The predicted molar refractivity (Wildman–Crippen MR) is 64.9 cm³/mol. The third-order valence-electron chi connectivity index (χ3n) is 1.48. The third-order valence-corrected chi connectivity index (χ3v) is 1.48. The lowest BCUT2D eigenvalue weighted by molar-refractivity contribution is -0.114. The van der Waals surface area contributed by atoms with Gasteiger partial charge in [-0.3, -0.25) is 4.79 Å². The fraction of sp³-hybridized carbons (Fsp3) is 0.545. The smallest absolute Gasteiger partial charge is 0.232 e. The van der Waals surface area contributed by atoms with Crippen LogP contribution in [0.25, 0.3) is 0 Å². The summed E-state index contributed by atoms with van der Waals surface area (Å²) >= 11 is 0. The number of amides is 1. The van der Waals surface area contributed by atoms with Gasteiger partial charge in [0.1, 0.15) is 0 Å². The molecule has 0 fully saturated rings. The molecule has 96 valence electrons. The molecule has 1 aromatic rings. The number of nitrogens with one attached hydrogen (secondary N) is 1. The number of aliphatic hydroxyl groups is 1. The molecule has 1 rings (SSSR count). The van der Waals surface area contributed by atoms with E-state index in [0.717, 1.165) is 0 Å². The van der Waals surface area contributed by atoms with Gasteiger partial charge in [-0.05, 0) is 0 Å². The molecule has 6 nitrogen and oxygen atoms in total. The minimum absolute atomic E-state index is 0.0808. The van der Waals surface area contributed by atoms with Crippen LogP contribution in [0.5, 0.6) is 5.88 Å². The number of anilines is 1. The average molecular weight is 241 g/mol. The summed E-state index contributed by atoms with van der Waals surface area (Å²) in [7, 11) is 0. The zero-order chi connectivity index (χ0) is 13.1. The summed E-state index contributed by atoms with van der Waals surface area (Å²) in [6.45, 7) is 5.87. The van der Waals surface area contributed by atoms with Crippen molar-refractivity contribution in [2.75, 3.05) is 18.5 Å². The van der Waals surface area contributed by atoms with E-state index < -0.39 is 0 Å². The highest BCUT2D eigenvalue weighted by molar-refractivity contribution is 5.87. The highest BCUT2D eigenvalue weighted by atomic mass is 16.5. The van der Waals surface area contributed by atoms with Crippen LogP contribution in [0.4, 0.5) is 5.82 Å². The molecular weight excluding hydrogens is 222 g/mol. The van der Waals surface area contributed by atoms with Crippen molar-refractivity contribution in [3.8, 4) is 5.88 Å². The SMILES string of the molecule is CC.CC(=O)Nc1cnc(OCCCO)cn1. The Balaban J connectivity index is 0.00000121. The van der Waals surface area contributed by atoms with Gasteiger partial charge in [0.25, 0.3) is 0 Å². The molecular formula is C11H19N3O3. The van der Waals surface area contributed by atoms with Crippen LogP contribution in [0, 0.1) is 0 Å². The number of hydrogen-bond donors (Lipinski definition) is 2. The average Bonchev–Trinajstić information content (AvgIpc) is 2.34. The summed E-state index contributed by atoms with van der Waals surface area (Å²) in [4.78, 5) is 18.5. The van der Waals surface area contributed by atoms with Gasteiger partial charge in [-0.15, -0.1) is 0 Å². The van der Waals surface area contributed by atoms with Gasteiger partial charge in [-0.25, -0.2) is 9.97 Å². The quantitative estimate of drug-likeness (QED) is 0.757. The number of rotatable bonds is 5. The van der Waals surface area contributed by atoms with Crippen LogP contribution in [-0.2, 0) is 4.79 Å². The number of nitrogens with zero attached hydrogens (tertiary/aromatic N) is 2. The maximum atomic E-state index is 10.7. The lowest BCUT2D eigenvalue weighted by Gasteiger charge is -2.04. The molecule has 0 radical (unpaired) electrons. The lowest BCUT2D eigenvalue weighted by Crippen LogP contribution is -2.08. The van der Waals surface area contributed by atoms with Crippen molar-refractivity contribution in [3.63, 3.8) is 0 Å². The number of carbonyl (C=O) groups is 1. The first-order valence-corrected chi connectivity index (χ1v) is 5.55. The van der Waals surface area contributed by atoms with E-state index in [1.807, 2.05) is 13.8 Å². The molecule has 0 aliphatic heterocycles. The van der Waals surface area contributed by atoms with Crippen LogP contribution in [0.15, 0.2) is 12.4 Å². The molecule has 0 atom stereocenters. The molecule has 17 heavy (non-hydrogen) atoms. The first kappa shape index (κ1) is 15.3. The molecule has 1 aromatic heterocycles. The van der Waals surface area contributed by atoms with E-state index in [2.05, 4.69) is 15.3 Å². The molecule has 0 aliphatic carbocycles. The summed E-state index contributed by atoms with van der Waals surface area (Å²) in [6, 6.07) is 0. The third kappa shape index (κ3) is 7.24. The molecule has 0 spiro atoms. The predicted octanol–water partition coefficient (Wildman–Crippen LogP) is 1.22. The number of aromatic nitrogens is 2. The van der Waals surface area contributed by atoms with Gasteiger partial charge in [0.15, 0.2) is 5.82 Å². The number of aliphatic hydroxyl groups excluding tert-OH is 1. The topological polar surface area (TPSA) is 84.3 Å². The monoisotopic (exact) mass is 241 g/mol. The number of hydrogen-bond acceptors (Lipinski definition) is 5. The van der Waals surface area contributed by atoms with Gasteiger partial charge in [0, 0.05) is 20.0 Å². The van der Waals surface area contributed by atoms with Gasteiger partial charge in [0.2, 0.25) is 11.8 Å². The van der Waals surface area contributed by atoms with Crippen LogP contribution in [0.2, 0.25) is 0 Å². The molecule has 0 aromatic carbocycles. The molecule has 0 saturated heterocycles. The Bertz CT molecular complexity index is 314. The maximum absolute atomic E-state index is 10.7. The molecule has 1 heterocycles. The van der Waals surface area contributed by atoms with Gasteiger partial charge < -0.3 is 15.2 Å². The normalized spacial score (nSPS) is 8.94. The second-order valence-corrected chi connectivity index (χ2v) is 2.85. The number of carbonyl (C=O) groups excluding carboxylic acids is 1. The fourth-order valence-electron chi connectivity index (χ4n) is 0.877. The molecule has 2 N–H and O–H groups in total. The maximum Gasteiger partial charge on any atom is 0.232 e. The summed E-state index contributed by atoms with van der Waals surface area (Å²) in [5.74, 6) is 0.563. The first-order chi connectivity index (χ1) is 8.22. The Morgan fingerprint density at radius 2 is 2.12 bits per heavy atom. The summed E-state index contributed by atoms with van der Waals surface area (Å²) in [5, 5.41) is 11.0. The van der Waals surface area contributed by atoms with Crippen LogP contribution in [0.3, 0.4) is 0 Å². The van der Waals surface area contributed by atoms with E-state index in [1.54, 1.807) is 0 Å². The van der Waals surface area contributed by atoms with E-state index in [1.165, 1.54) is 19.3 Å².